The molecule has 1 aromatic heterocycles. The van der Waals surface area contributed by atoms with Crippen LogP contribution < -0.4 is 10.2 Å². The van der Waals surface area contributed by atoms with E-state index in [0.717, 1.165) is 29.2 Å². The van der Waals surface area contributed by atoms with Gasteiger partial charge in [-0.3, -0.25) is 9.59 Å². The predicted octanol–water partition coefficient (Wildman–Crippen LogP) is 4.50. The molecule has 2 amide bonds. The number of rotatable bonds is 4. The molecule has 1 aliphatic heterocycles. The molecule has 1 fully saturated rings. The summed E-state index contributed by atoms with van der Waals surface area (Å²) in [6, 6.07) is 15.4. The van der Waals surface area contributed by atoms with Crippen LogP contribution in [0.5, 0.6) is 0 Å². The van der Waals surface area contributed by atoms with Crippen molar-refractivity contribution in [3.05, 3.63) is 65.2 Å². The predicted molar refractivity (Wildman–Crippen MR) is 108 cm³/mol. The van der Waals surface area contributed by atoms with Gasteiger partial charge in [-0.25, -0.2) is 4.98 Å². The lowest BCUT2D eigenvalue weighted by atomic mass is 10.2. The largest absolute Gasteiger partial charge is 0.321 e. The monoisotopic (exact) mass is 377 g/mol. The molecular weight excluding hydrogens is 358 g/mol. The van der Waals surface area contributed by atoms with E-state index in [2.05, 4.69) is 10.3 Å². The van der Waals surface area contributed by atoms with Gasteiger partial charge in [-0.1, -0.05) is 35.9 Å². The highest BCUT2D eigenvalue weighted by atomic mass is 32.1. The number of amides is 2. The van der Waals surface area contributed by atoms with Crippen LogP contribution in [0.4, 0.5) is 11.4 Å². The molecule has 3 aromatic rings. The first-order valence-corrected chi connectivity index (χ1v) is 9.72. The van der Waals surface area contributed by atoms with E-state index >= 15 is 0 Å². The van der Waals surface area contributed by atoms with E-state index in [1.807, 2.05) is 55.5 Å². The van der Waals surface area contributed by atoms with E-state index in [9.17, 15) is 9.59 Å². The fraction of sp³-hybridized carbons (Fsp3) is 0.190. The summed E-state index contributed by atoms with van der Waals surface area (Å²) in [7, 11) is 0. The molecule has 0 bridgehead atoms. The van der Waals surface area contributed by atoms with Gasteiger partial charge in [-0.05, 0) is 31.5 Å². The molecule has 6 heteroatoms. The highest BCUT2D eigenvalue weighted by molar-refractivity contribution is 7.13. The number of thiazole rings is 1. The van der Waals surface area contributed by atoms with Gasteiger partial charge in [-0.15, -0.1) is 11.3 Å². The van der Waals surface area contributed by atoms with Crippen LogP contribution in [0.25, 0.3) is 10.6 Å². The molecular formula is C21H19N3O2S. The normalized spacial score (nSPS) is 13.8. The lowest BCUT2D eigenvalue weighted by Gasteiger charge is -2.16. The van der Waals surface area contributed by atoms with Crippen molar-refractivity contribution in [2.24, 2.45) is 0 Å². The van der Waals surface area contributed by atoms with Crippen molar-refractivity contribution in [1.29, 1.82) is 0 Å². The molecule has 0 unspecified atom stereocenters. The van der Waals surface area contributed by atoms with Crippen molar-refractivity contribution in [3.8, 4) is 10.6 Å². The van der Waals surface area contributed by atoms with E-state index in [1.165, 1.54) is 16.9 Å². The van der Waals surface area contributed by atoms with Crippen molar-refractivity contribution < 1.29 is 9.59 Å². The minimum atomic E-state index is -0.255. The molecule has 1 saturated heterocycles. The molecule has 0 aliphatic carbocycles. The number of aromatic nitrogens is 1. The second-order valence-corrected chi connectivity index (χ2v) is 7.42. The molecule has 2 aromatic carbocycles. The Morgan fingerprint density at radius 1 is 1.19 bits per heavy atom. The third kappa shape index (κ3) is 3.75. The fourth-order valence-corrected chi connectivity index (χ4v) is 3.88. The van der Waals surface area contributed by atoms with E-state index in [4.69, 9.17) is 0 Å². The summed E-state index contributed by atoms with van der Waals surface area (Å²) >= 11 is 1.45. The van der Waals surface area contributed by atoms with Crippen molar-refractivity contribution in [2.75, 3.05) is 16.8 Å². The number of hydrogen-bond donors (Lipinski definition) is 1. The Balaban J connectivity index is 1.50. The topological polar surface area (TPSA) is 62.3 Å². The Morgan fingerprint density at radius 3 is 2.74 bits per heavy atom. The Labute approximate surface area is 161 Å². The van der Waals surface area contributed by atoms with Crippen LogP contribution in [0.1, 0.15) is 28.9 Å². The third-order valence-electron chi connectivity index (χ3n) is 4.52. The van der Waals surface area contributed by atoms with Gasteiger partial charge in [0.1, 0.15) is 10.7 Å². The van der Waals surface area contributed by atoms with E-state index < -0.39 is 0 Å². The summed E-state index contributed by atoms with van der Waals surface area (Å²) < 4.78 is 0. The fourth-order valence-electron chi connectivity index (χ4n) is 3.07. The first kappa shape index (κ1) is 17.4. The van der Waals surface area contributed by atoms with Crippen molar-refractivity contribution in [1.82, 2.24) is 4.98 Å². The minimum absolute atomic E-state index is 0.126. The van der Waals surface area contributed by atoms with Gasteiger partial charge in [0.05, 0.1) is 0 Å². The maximum Gasteiger partial charge on any atom is 0.275 e. The maximum absolute atomic E-state index is 12.6. The molecule has 5 nitrogen and oxygen atoms in total. The smallest absolute Gasteiger partial charge is 0.275 e. The first-order chi connectivity index (χ1) is 13.1. The average molecular weight is 377 g/mol. The third-order valence-corrected chi connectivity index (χ3v) is 5.42. The second kappa shape index (κ2) is 7.32. The number of hydrogen-bond acceptors (Lipinski definition) is 4. The van der Waals surface area contributed by atoms with Gasteiger partial charge in [0.15, 0.2) is 0 Å². The minimum Gasteiger partial charge on any atom is -0.321 e. The van der Waals surface area contributed by atoms with Crippen LogP contribution in [0.15, 0.2) is 53.9 Å². The van der Waals surface area contributed by atoms with Gasteiger partial charge >= 0.3 is 0 Å². The van der Waals surface area contributed by atoms with Gasteiger partial charge in [0, 0.05) is 35.3 Å². The summed E-state index contributed by atoms with van der Waals surface area (Å²) in [5, 5.41) is 5.46. The molecule has 2 heterocycles. The molecule has 136 valence electrons. The Bertz CT molecular complexity index is 995. The number of aryl methyl sites for hydroxylation is 1. The molecule has 0 radical (unpaired) electrons. The Kier molecular flexibility index (Phi) is 4.73. The van der Waals surface area contributed by atoms with Crippen LogP contribution in [-0.2, 0) is 4.79 Å². The highest BCUT2D eigenvalue weighted by Crippen LogP contribution is 2.26. The summed E-state index contributed by atoms with van der Waals surface area (Å²) in [6.07, 6.45) is 1.45. The molecule has 1 N–H and O–H groups in total. The zero-order valence-electron chi connectivity index (χ0n) is 14.9. The summed E-state index contributed by atoms with van der Waals surface area (Å²) in [6.45, 7) is 2.76. The van der Waals surface area contributed by atoms with Crippen molar-refractivity contribution in [3.63, 3.8) is 0 Å². The molecule has 1 aliphatic rings. The number of carbonyl (C=O) groups is 2. The van der Waals surface area contributed by atoms with Crippen LogP contribution in [0.3, 0.4) is 0 Å². The van der Waals surface area contributed by atoms with E-state index in [1.54, 1.807) is 10.3 Å². The SMILES string of the molecule is Cc1ccc(-c2nc(C(=O)Nc3cccc(N4CCCC4=O)c3)cs2)cc1. The van der Waals surface area contributed by atoms with Gasteiger partial charge in [0.2, 0.25) is 5.91 Å². The lowest BCUT2D eigenvalue weighted by Crippen LogP contribution is -2.23. The summed E-state index contributed by atoms with van der Waals surface area (Å²) in [4.78, 5) is 30.7. The summed E-state index contributed by atoms with van der Waals surface area (Å²) in [5.41, 5.74) is 4.04. The zero-order chi connectivity index (χ0) is 18.8. The molecule has 27 heavy (non-hydrogen) atoms. The van der Waals surface area contributed by atoms with Crippen molar-refractivity contribution >= 4 is 34.5 Å². The molecule has 0 saturated carbocycles. The van der Waals surface area contributed by atoms with E-state index in [-0.39, 0.29) is 11.8 Å². The number of carbonyl (C=O) groups excluding carboxylic acids is 2. The molecule has 0 spiro atoms. The summed E-state index contributed by atoms with van der Waals surface area (Å²) in [5.74, 6) is -0.129. The number of anilines is 2. The Morgan fingerprint density at radius 2 is 2.00 bits per heavy atom. The standard InChI is InChI=1S/C21H19N3O2S/c1-14-7-9-15(10-8-14)21-23-18(13-27-21)20(26)22-16-4-2-5-17(12-16)24-11-3-6-19(24)25/h2,4-5,7-10,12-13H,3,6,11H2,1H3,(H,22,26). The number of nitrogens with zero attached hydrogens (tertiary/aromatic N) is 2. The van der Waals surface area contributed by atoms with Crippen LogP contribution >= 0.6 is 11.3 Å². The molecule has 4 rings (SSSR count). The highest BCUT2D eigenvalue weighted by Gasteiger charge is 2.22. The number of benzene rings is 2. The first-order valence-electron chi connectivity index (χ1n) is 8.84. The van der Waals surface area contributed by atoms with Gasteiger partial charge < -0.3 is 10.2 Å². The second-order valence-electron chi connectivity index (χ2n) is 6.56. The maximum atomic E-state index is 12.6. The van der Waals surface area contributed by atoms with E-state index in [0.29, 0.717) is 17.8 Å². The van der Waals surface area contributed by atoms with Crippen LogP contribution in [0.2, 0.25) is 0 Å². The van der Waals surface area contributed by atoms with Crippen LogP contribution in [0, 0.1) is 6.92 Å². The number of nitrogens with one attached hydrogen (secondary N) is 1. The zero-order valence-corrected chi connectivity index (χ0v) is 15.8. The Hall–Kier alpha value is -2.99. The lowest BCUT2D eigenvalue weighted by molar-refractivity contribution is -0.117. The molecule has 0 atom stereocenters. The van der Waals surface area contributed by atoms with Crippen molar-refractivity contribution in [2.45, 2.75) is 19.8 Å². The van der Waals surface area contributed by atoms with Gasteiger partial charge in [-0.2, -0.15) is 0 Å². The quantitative estimate of drug-likeness (QED) is 0.728. The van der Waals surface area contributed by atoms with Gasteiger partial charge in [0.25, 0.3) is 5.91 Å². The average Bonchev–Trinajstić information content (AvgIpc) is 3.32. The van der Waals surface area contributed by atoms with Crippen LogP contribution in [-0.4, -0.2) is 23.3 Å².